The molecule has 0 unspecified atom stereocenters. The average molecular weight is 248 g/mol. The van der Waals surface area contributed by atoms with Crippen molar-refractivity contribution >= 4 is 5.97 Å². The van der Waals surface area contributed by atoms with Crippen LogP contribution in [0.1, 0.15) is 22.8 Å². The molecule has 1 saturated heterocycles. The molecule has 98 valence electrons. The summed E-state index contributed by atoms with van der Waals surface area (Å²) in [5.41, 5.74) is 1.71. The molecule has 1 aromatic carbocycles. The topological polar surface area (TPSA) is 41.6 Å². The first-order chi connectivity index (χ1) is 8.70. The zero-order chi connectivity index (χ0) is 13.0. The lowest BCUT2D eigenvalue weighted by molar-refractivity contribution is 0.0598. The van der Waals surface area contributed by atoms with Crippen LogP contribution in [0.15, 0.2) is 24.3 Å². The minimum atomic E-state index is -0.256. The molecule has 1 aromatic rings. The molecule has 4 heteroatoms. The SMILES string of the molecule is COC(=O)c1ccccc1CN1CCN[C@H](C)C1. The Kier molecular flexibility index (Phi) is 4.33. The summed E-state index contributed by atoms with van der Waals surface area (Å²) in [5.74, 6) is -0.256. The molecule has 0 saturated carbocycles. The van der Waals surface area contributed by atoms with Crippen LogP contribution in [-0.4, -0.2) is 43.7 Å². The quantitative estimate of drug-likeness (QED) is 0.818. The van der Waals surface area contributed by atoms with Gasteiger partial charge >= 0.3 is 5.97 Å². The van der Waals surface area contributed by atoms with Gasteiger partial charge in [0.25, 0.3) is 0 Å². The van der Waals surface area contributed by atoms with E-state index in [1.165, 1.54) is 7.11 Å². The Labute approximate surface area is 108 Å². The number of nitrogens with one attached hydrogen (secondary N) is 1. The Balaban J connectivity index is 2.10. The second-order valence-electron chi connectivity index (χ2n) is 4.74. The summed E-state index contributed by atoms with van der Waals surface area (Å²) in [5, 5.41) is 3.41. The van der Waals surface area contributed by atoms with Crippen molar-refractivity contribution in [3.8, 4) is 0 Å². The Morgan fingerprint density at radius 3 is 3.00 bits per heavy atom. The van der Waals surface area contributed by atoms with Gasteiger partial charge in [-0.15, -0.1) is 0 Å². The zero-order valence-electron chi connectivity index (χ0n) is 11.0. The highest BCUT2D eigenvalue weighted by Gasteiger charge is 2.18. The number of carbonyl (C=O) groups is 1. The van der Waals surface area contributed by atoms with E-state index in [0.29, 0.717) is 11.6 Å². The molecule has 0 bridgehead atoms. The van der Waals surface area contributed by atoms with Gasteiger partial charge < -0.3 is 10.1 Å². The van der Waals surface area contributed by atoms with Gasteiger partial charge in [0, 0.05) is 32.2 Å². The van der Waals surface area contributed by atoms with Gasteiger partial charge in [0.15, 0.2) is 0 Å². The van der Waals surface area contributed by atoms with Crippen LogP contribution in [0.2, 0.25) is 0 Å². The second kappa shape index (κ2) is 5.98. The van der Waals surface area contributed by atoms with Crippen molar-refractivity contribution in [1.82, 2.24) is 10.2 Å². The molecule has 0 radical (unpaired) electrons. The van der Waals surface area contributed by atoms with Gasteiger partial charge in [0.05, 0.1) is 12.7 Å². The molecule has 1 heterocycles. The van der Waals surface area contributed by atoms with Crippen molar-refractivity contribution in [2.45, 2.75) is 19.5 Å². The lowest BCUT2D eigenvalue weighted by Gasteiger charge is -2.32. The van der Waals surface area contributed by atoms with E-state index >= 15 is 0 Å². The molecule has 4 nitrogen and oxygen atoms in total. The first-order valence-electron chi connectivity index (χ1n) is 6.32. The van der Waals surface area contributed by atoms with Crippen LogP contribution in [0.4, 0.5) is 0 Å². The van der Waals surface area contributed by atoms with E-state index in [1.807, 2.05) is 24.3 Å². The van der Waals surface area contributed by atoms with Gasteiger partial charge in [-0.05, 0) is 18.6 Å². The summed E-state index contributed by atoms with van der Waals surface area (Å²) in [6.45, 7) is 6.01. The predicted molar refractivity (Wildman–Crippen MR) is 70.5 cm³/mol. The van der Waals surface area contributed by atoms with Crippen LogP contribution in [0.3, 0.4) is 0 Å². The molecular weight excluding hydrogens is 228 g/mol. The van der Waals surface area contributed by atoms with E-state index in [4.69, 9.17) is 4.74 Å². The summed E-state index contributed by atoms with van der Waals surface area (Å²) in [6, 6.07) is 8.17. The second-order valence-corrected chi connectivity index (χ2v) is 4.74. The highest BCUT2D eigenvalue weighted by Crippen LogP contribution is 2.14. The van der Waals surface area contributed by atoms with Crippen molar-refractivity contribution in [3.63, 3.8) is 0 Å². The number of esters is 1. The average Bonchev–Trinajstić information content (AvgIpc) is 2.38. The lowest BCUT2D eigenvalue weighted by atomic mass is 10.1. The van der Waals surface area contributed by atoms with Crippen LogP contribution in [-0.2, 0) is 11.3 Å². The Morgan fingerprint density at radius 2 is 2.28 bits per heavy atom. The first kappa shape index (κ1) is 13.1. The molecule has 1 aliphatic rings. The van der Waals surface area contributed by atoms with Gasteiger partial charge in [-0.3, -0.25) is 4.90 Å². The van der Waals surface area contributed by atoms with E-state index in [2.05, 4.69) is 17.1 Å². The maximum atomic E-state index is 11.7. The number of piperazine rings is 1. The van der Waals surface area contributed by atoms with E-state index in [0.717, 1.165) is 31.7 Å². The number of nitrogens with zero attached hydrogens (tertiary/aromatic N) is 1. The third kappa shape index (κ3) is 3.09. The third-order valence-electron chi connectivity index (χ3n) is 3.27. The van der Waals surface area contributed by atoms with Gasteiger partial charge in [0.1, 0.15) is 0 Å². The molecule has 1 fully saturated rings. The fourth-order valence-electron chi connectivity index (χ4n) is 2.36. The standard InChI is InChI=1S/C14H20N2O2/c1-11-9-16(8-7-15-11)10-12-5-3-4-6-13(12)14(17)18-2/h3-6,11,15H,7-10H2,1-2H3/t11-/m1/s1. The van der Waals surface area contributed by atoms with E-state index in [1.54, 1.807) is 0 Å². The molecule has 0 amide bonds. The van der Waals surface area contributed by atoms with Crippen LogP contribution >= 0.6 is 0 Å². The fourth-order valence-corrected chi connectivity index (χ4v) is 2.36. The van der Waals surface area contributed by atoms with Crippen LogP contribution in [0.25, 0.3) is 0 Å². The fraction of sp³-hybridized carbons (Fsp3) is 0.500. The molecular formula is C14H20N2O2. The van der Waals surface area contributed by atoms with Crippen molar-refractivity contribution in [2.24, 2.45) is 0 Å². The minimum Gasteiger partial charge on any atom is -0.465 e. The normalized spacial score (nSPS) is 20.7. The predicted octanol–water partition coefficient (Wildman–Crippen LogP) is 1.27. The molecule has 1 aliphatic heterocycles. The molecule has 18 heavy (non-hydrogen) atoms. The van der Waals surface area contributed by atoms with Crippen LogP contribution < -0.4 is 5.32 Å². The maximum Gasteiger partial charge on any atom is 0.338 e. The van der Waals surface area contributed by atoms with Crippen molar-refractivity contribution < 1.29 is 9.53 Å². The summed E-state index contributed by atoms with van der Waals surface area (Å²) < 4.78 is 4.82. The Bertz CT molecular complexity index is 420. The maximum absolute atomic E-state index is 11.7. The number of rotatable bonds is 3. The largest absolute Gasteiger partial charge is 0.465 e. The van der Waals surface area contributed by atoms with Crippen molar-refractivity contribution in [3.05, 3.63) is 35.4 Å². The minimum absolute atomic E-state index is 0.256. The van der Waals surface area contributed by atoms with Crippen molar-refractivity contribution in [2.75, 3.05) is 26.7 Å². The van der Waals surface area contributed by atoms with Gasteiger partial charge in [0.2, 0.25) is 0 Å². The molecule has 0 aromatic heterocycles. The van der Waals surface area contributed by atoms with E-state index in [-0.39, 0.29) is 5.97 Å². The van der Waals surface area contributed by atoms with E-state index in [9.17, 15) is 4.79 Å². The van der Waals surface area contributed by atoms with Crippen LogP contribution in [0.5, 0.6) is 0 Å². The van der Waals surface area contributed by atoms with Gasteiger partial charge in [-0.1, -0.05) is 18.2 Å². The smallest absolute Gasteiger partial charge is 0.338 e. The van der Waals surface area contributed by atoms with Gasteiger partial charge in [-0.25, -0.2) is 4.79 Å². The summed E-state index contributed by atoms with van der Waals surface area (Å²) in [7, 11) is 1.42. The summed E-state index contributed by atoms with van der Waals surface area (Å²) in [4.78, 5) is 14.1. The summed E-state index contributed by atoms with van der Waals surface area (Å²) >= 11 is 0. The Morgan fingerprint density at radius 1 is 1.50 bits per heavy atom. The highest BCUT2D eigenvalue weighted by atomic mass is 16.5. The highest BCUT2D eigenvalue weighted by molar-refractivity contribution is 5.90. The zero-order valence-corrected chi connectivity index (χ0v) is 11.0. The molecule has 1 atom stereocenters. The van der Waals surface area contributed by atoms with E-state index < -0.39 is 0 Å². The molecule has 0 spiro atoms. The number of carbonyl (C=O) groups excluding carboxylic acids is 1. The number of hydrogen-bond acceptors (Lipinski definition) is 4. The van der Waals surface area contributed by atoms with Crippen LogP contribution in [0, 0.1) is 0 Å². The molecule has 1 N–H and O–H groups in total. The van der Waals surface area contributed by atoms with Gasteiger partial charge in [-0.2, -0.15) is 0 Å². The number of ether oxygens (including phenoxy) is 1. The Hall–Kier alpha value is -1.39. The number of benzene rings is 1. The monoisotopic (exact) mass is 248 g/mol. The summed E-state index contributed by atoms with van der Waals surface area (Å²) in [6.07, 6.45) is 0. The molecule has 0 aliphatic carbocycles. The number of methoxy groups -OCH3 is 1. The van der Waals surface area contributed by atoms with Crippen molar-refractivity contribution in [1.29, 1.82) is 0 Å². The molecule has 2 rings (SSSR count). The third-order valence-corrected chi connectivity index (χ3v) is 3.27. The lowest BCUT2D eigenvalue weighted by Crippen LogP contribution is -2.48. The number of hydrogen-bond donors (Lipinski definition) is 1. The first-order valence-corrected chi connectivity index (χ1v) is 6.32.